The molecule has 4 N–H and O–H groups in total. The van der Waals surface area contributed by atoms with E-state index >= 15 is 0 Å². The zero-order valence-electron chi connectivity index (χ0n) is 37.7. The Morgan fingerprint density at radius 2 is 0.833 bits per heavy atom. The van der Waals surface area contributed by atoms with E-state index in [0.29, 0.717) is 49.1 Å². The van der Waals surface area contributed by atoms with Crippen molar-refractivity contribution in [2.75, 3.05) is 26.2 Å². The first-order valence-corrected chi connectivity index (χ1v) is 26.8. The van der Waals surface area contributed by atoms with Crippen LogP contribution in [0.25, 0.3) is 11.1 Å². The predicted molar refractivity (Wildman–Crippen MR) is 288 cm³/mol. The first-order chi connectivity index (χ1) is 33.6. The van der Waals surface area contributed by atoms with Gasteiger partial charge >= 0.3 is 0 Å². The van der Waals surface area contributed by atoms with E-state index in [1.807, 2.05) is 34.1 Å². The summed E-state index contributed by atoms with van der Waals surface area (Å²) >= 11 is 27.3. The van der Waals surface area contributed by atoms with Gasteiger partial charge < -0.3 is 9.80 Å². The fourth-order valence-corrected chi connectivity index (χ4v) is 13.1. The summed E-state index contributed by atoms with van der Waals surface area (Å²) in [6, 6.07) is 19.0. The number of carbonyl (C=O) groups is 2. The van der Waals surface area contributed by atoms with Gasteiger partial charge in [-0.1, -0.05) is 81.1 Å². The lowest BCUT2D eigenvalue weighted by Crippen LogP contribution is -2.39. The Kier molecular flexibility index (Phi) is 18.0. The standard InChI is InChI=1S/2C26H24Br2ClN3O3.2CH4/c2*27-20-12-19-2-1-18-13-21(29)14-22(28)24(18)25(26(19)32(35)15-20)17-5-7-30(8-6-17)23(33)11-16-3-9-31(34)10-4-16;;/h2*3-4,9-10,12-15,34-35H,1-2,5-8,11H2;2*1H4/q2*+2;;. The molecule has 0 unspecified atom stereocenters. The van der Waals surface area contributed by atoms with Gasteiger partial charge in [0.25, 0.3) is 11.4 Å². The topological polar surface area (TPSA) is 137 Å². The Morgan fingerprint density at radius 3 is 1.18 bits per heavy atom. The van der Waals surface area contributed by atoms with E-state index in [9.17, 15) is 30.4 Å². The SMILES string of the molecule is C.C.O=C(Cc1cc[n+](O)cc1)N1CCC(=C2c3c(Br)cc(Cl)cc3CCc3cc(Br)c[n+](O)c32)CC1.O=C(Cc1cc[n+](O)cc1)N1CCC(=C2c3c(Br)cc(Cl)cc3CCc3cc(Br)c[n+](O)c32)CC1. The Morgan fingerprint density at radius 1 is 0.500 bits per heavy atom. The van der Waals surface area contributed by atoms with Crippen molar-refractivity contribution in [3.63, 3.8) is 0 Å². The normalized spacial score (nSPS) is 15.0. The highest BCUT2D eigenvalue weighted by atomic mass is 79.9. The van der Waals surface area contributed by atoms with Gasteiger partial charge in [-0.25, -0.2) is 0 Å². The van der Waals surface area contributed by atoms with Crippen LogP contribution in [0.2, 0.25) is 10.0 Å². The molecule has 2 aliphatic carbocycles. The Hall–Kier alpha value is -4.84. The second-order valence-electron chi connectivity index (χ2n) is 17.8. The molecule has 72 heavy (non-hydrogen) atoms. The van der Waals surface area contributed by atoms with E-state index in [1.54, 1.807) is 36.7 Å². The number of hydrogen-bond donors (Lipinski definition) is 4. The molecule has 4 aliphatic rings. The second-order valence-corrected chi connectivity index (χ2v) is 22.3. The highest BCUT2D eigenvalue weighted by Crippen LogP contribution is 2.44. The van der Waals surface area contributed by atoms with Gasteiger partial charge in [-0.05, 0) is 142 Å². The van der Waals surface area contributed by atoms with Crippen LogP contribution in [0.15, 0.2) is 127 Å². The fraction of sp³-hybridized carbons (Fsp3) is 0.296. The lowest BCUT2D eigenvalue weighted by Gasteiger charge is -2.30. The van der Waals surface area contributed by atoms with E-state index in [4.69, 9.17) is 23.2 Å². The molecule has 6 aromatic rings. The van der Waals surface area contributed by atoms with Crippen LogP contribution in [-0.2, 0) is 48.1 Å². The van der Waals surface area contributed by atoms with E-state index in [2.05, 4.69) is 75.9 Å². The average molecular weight is 1280 g/mol. The molecule has 2 fully saturated rings. The quantitative estimate of drug-likeness (QED) is 0.103. The molecular formula is C54H56Br4Cl2N6O6+4. The van der Waals surface area contributed by atoms with E-state index in [0.717, 1.165) is 146 Å². The molecule has 0 atom stereocenters. The number of likely N-dealkylation sites (tertiary alicyclic amines) is 2. The van der Waals surface area contributed by atoms with Crippen LogP contribution in [0.3, 0.4) is 0 Å². The number of hydrogen-bond acceptors (Lipinski definition) is 6. The Balaban J connectivity index is 0.000000206. The van der Waals surface area contributed by atoms with Crippen LogP contribution < -0.4 is 18.9 Å². The van der Waals surface area contributed by atoms with Crippen LogP contribution in [-0.4, -0.2) is 68.6 Å². The third-order valence-electron chi connectivity index (χ3n) is 13.4. The van der Waals surface area contributed by atoms with Crippen molar-refractivity contribution in [3.8, 4) is 0 Å². The van der Waals surface area contributed by atoms with Crippen LogP contribution in [0.4, 0.5) is 0 Å². The fourth-order valence-electron chi connectivity index (χ4n) is 10.1. The van der Waals surface area contributed by atoms with Crippen molar-refractivity contribution >= 4 is 110 Å². The third kappa shape index (κ3) is 12.1. The van der Waals surface area contributed by atoms with Gasteiger partial charge in [0, 0.05) is 111 Å². The number of piperidine rings is 2. The average Bonchev–Trinajstić information content (AvgIpc) is 3.59. The zero-order chi connectivity index (χ0) is 49.4. The zero-order valence-corrected chi connectivity index (χ0v) is 45.5. The minimum Gasteiger partial charge on any atom is -0.342 e. The molecule has 18 heteroatoms. The number of aromatic nitrogens is 4. The number of benzene rings is 2. The predicted octanol–water partition coefficient (Wildman–Crippen LogP) is 10.6. The van der Waals surface area contributed by atoms with Crippen LogP contribution in [0.5, 0.6) is 0 Å². The first kappa shape index (κ1) is 54.9. The summed E-state index contributed by atoms with van der Waals surface area (Å²) in [5.74, 6) is 0.140. The molecule has 2 amide bonds. The number of rotatable bonds is 4. The smallest absolute Gasteiger partial charge is 0.268 e. The monoisotopic (exact) mass is 1270 g/mol. The minimum atomic E-state index is 0. The molecule has 4 aromatic heterocycles. The van der Waals surface area contributed by atoms with Gasteiger partial charge in [0.2, 0.25) is 49.0 Å². The summed E-state index contributed by atoms with van der Waals surface area (Å²) in [4.78, 5) is 29.7. The van der Waals surface area contributed by atoms with Gasteiger partial charge in [0.1, 0.15) is 0 Å². The van der Waals surface area contributed by atoms with Crippen molar-refractivity contribution in [1.29, 1.82) is 0 Å². The summed E-state index contributed by atoms with van der Waals surface area (Å²) in [5, 5.41) is 42.1. The Labute approximate surface area is 463 Å². The van der Waals surface area contributed by atoms with Gasteiger partial charge in [0.15, 0.2) is 0 Å². The molecule has 0 radical (unpaired) electrons. The number of aryl methyl sites for hydroxylation is 4. The van der Waals surface area contributed by atoms with Gasteiger partial charge in [-0.2, -0.15) is 0 Å². The molecule has 0 bridgehead atoms. The molecular weight excluding hydrogens is 1220 g/mol. The molecule has 2 aliphatic heterocycles. The van der Waals surface area contributed by atoms with Gasteiger partial charge in [0.05, 0.1) is 32.9 Å². The van der Waals surface area contributed by atoms with Crippen molar-refractivity contribution in [2.45, 2.75) is 79.1 Å². The molecule has 12 nitrogen and oxygen atoms in total. The minimum absolute atomic E-state index is 0. The molecule has 0 saturated carbocycles. The van der Waals surface area contributed by atoms with E-state index in [1.165, 1.54) is 45.4 Å². The highest BCUT2D eigenvalue weighted by Gasteiger charge is 2.36. The lowest BCUT2D eigenvalue weighted by atomic mass is 9.88. The van der Waals surface area contributed by atoms with Gasteiger partial charge in [-0.3, -0.25) is 30.4 Å². The lowest BCUT2D eigenvalue weighted by molar-refractivity contribution is -0.906. The Bertz CT molecular complexity index is 2780. The maximum atomic E-state index is 12.9. The summed E-state index contributed by atoms with van der Waals surface area (Å²) in [6.07, 6.45) is 16.1. The maximum absolute atomic E-state index is 12.9. The van der Waals surface area contributed by atoms with Crippen LogP contribution in [0.1, 0.15) is 96.4 Å². The van der Waals surface area contributed by atoms with E-state index < -0.39 is 0 Å². The van der Waals surface area contributed by atoms with Crippen molar-refractivity contribution in [1.82, 2.24) is 9.80 Å². The van der Waals surface area contributed by atoms with Gasteiger partial charge in [-0.15, -0.1) is 0 Å². The summed E-state index contributed by atoms with van der Waals surface area (Å²) in [7, 11) is 0. The van der Waals surface area contributed by atoms with Crippen LogP contribution in [0, 0.1) is 0 Å². The van der Waals surface area contributed by atoms with Crippen LogP contribution >= 0.6 is 86.9 Å². The molecule has 376 valence electrons. The molecule has 0 spiro atoms. The van der Waals surface area contributed by atoms with Crippen molar-refractivity contribution < 1.29 is 49.3 Å². The molecule has 2 saturated heterocycles. The molecule has 2 aromatic carbocycles. The van der Waals surface area contributed by atoms with E-state index in [-0.39, 0.29) is 26.7 Å². The number of halogens is 6. The number of fused-ring (bicyclic) bond motifs is 4. The number of pyridine rings is 4. The number of carbonyl (C=O) groups excluding carboxylic acids is 2. The maximum Gasteiger partial charge on any atom is 0.268 e. The third-order valence-corrected chi connectivity index (χ3v) is 15.9. The number of amides is 2. The summed E-state index contributed by atoms with van der Waals surface area (Å²) in [5.41, 5.74) is 14.3. The van der Waals surface area contributed by atoms with Crippen molar-refractivity contribution in [3.05, 3.63) is 193 Å². The summed E-state index contributed by atoms with van der Waals surface area (Å²) in [6.45, 7) is 2.45. The second kappa shape index (κ2) is 23.6. The van der Waals surface area contributed by atoms with Crippen molar-refractivity contribution in [2.24, 2.45) is 0 Å². The summed E-state index contributed by atoms with van der Waals surface area (Å²) < 4.78 is 7.82. The largest absolute Gasteiger partial charge is 0.342 e. The first-order valence-electron chi connectivity index (χ1n) is 22.8. The number of nitrogens with zero attached hydrogens (tertiary/aromatic N) is 6. The molecule has 10 rings (SSSR count). The highest BCUT2D eigenvalue weighted by molar-refractivity contribution is 9.11. The molecule has 6 heterocycles.